The minimum Gasteiger partial charge on any atom is -0.319 e. The van der Waals surface area contributed by atoms with E-state index in [0.29, 0.717) is 0 Å². The lowest BCUT2D eigenvalue weighted by Crippen LogP contribution is -2.42. The largest absolute Gasteiger partial charge is 0.325 e. The molecule has 3 rings (SSSR count). The van der Waals surface area contributed by atoms with Crippen molar-refractivity contribution in [3.8, 4) is 0 Å². The van der Waals surface area contributed by atoms with Crippen molar-refractivity contribution in [2.45, 2.75) is 33.2 Å². The summed E-state index contributed by atoms with van der Waals surface area (Å²) >= 11 is 0. The molecule has 2 aromatic rings. The first-order valence-corrected chi connectivity index (χ1v) is 8.30. The van der Waals surface area contributed by atoms with Crippen LogP contribution >= 0.6 is 0 Å². The molecule has 25 heavy (non-hydrogen) atoms. The van der Waals surface area contributed by atoms with Crippen LogP contribution in [-0.4, -0.2) is 29.2 Å². The van der Waals surface area contributed by atoms with E-state index in [2.05, 4.69) is 5.32 Å². The van der Waals surface area contributed by atoms with Gasteiger partial charge in [-0.3, -0.25) is 14.5 Å². The van der Waals surface area contributed by atoms with Crippen molar-refractivity contribution in [3.05, 3.63) is 48.0 Å². The predicted octanol–water partition coefficient (Wildman–Crippen LogP) is 3.22. The van der Waals surface area contributed by atoms with Gasteiger partial charge in [-0.25, -0.2) is 4.79 Å². The summed E-state index contributed by atoms with van der Waals surface area (Å²) in [4.78, 5) is 38.8. The van der Waals surface area contributed by atoms with Crippen LogP contribution in [0.4, 0.5) is 4.79 Å². The van der Waals surface area contributed by atoms with Crippen molar-refractivity contribution in [1.29, 1.82) is 0 Å². The Kier molecular flexibility index (Phi) is 3.90. The highest BCUT2D eigenvalue weighted by Crippen LogP contribution is 2.34. The highest BCUT2D eigenvalue weighted by atomic mass is 16.2. The molecule has 1 saturated heterocycles. The maximum atomic E-state index is 13.0. The molecule has 0 unspecified atom stereocenters. The quantitative estimate of drug-likeness (QED) is 0.874. The van der Waals surface area contributed by atoms with Gasteiger partial charge in [0.05, 0.1) is 6.54 Å². The van der Waals surface area contributed by atoms with Gasteiger partial charge in [-0.05, 0) is 23.3 Å². The van der Waals surface area contributed by atoms with Gasteiger partial charge < -0.3 is 5.32 Å². The average molecular weight is 338 g/mol. The number of carbonyl (C=O) groups excluding carboxylic acids is 3. The molecule has 0 radical (unpaired) electrons. The van der Waals surface area contributed by atoms with E-state index in [-0.39, 0.29) is 12.3 Å². The van der Waals surface area contributed by atoms with Crippen molar-refractivity contribution in [3.63, 3.8) is 0 Å². The van der Waals surface area contributed by atoms with Gasteiger partial charge in [0.1, 0.15) is 5.54 Å². The van der Waals surface area contributed by atoms with Crippen LogP contribution in [0.2, 0.25) is 0 Å². The van der Waals surface area contributed by atoms with Gasteiger partial charge in [-0.15, -0.1) is 0 Å². The normalized spacial score (nSPS) is 20.9. The van der Waals surface area contributed by atoms with Crippen LogP contribution in [0.1, 0.15) is 33.3 Å². The van der Waals surface area contributed by atoms with E-state index in [1.54, 1.807) is 27.7 Å². The van der Waals surface area contributed by atoms with E-state index in [1.807, 2.05) is 42.5 Å². The number of carbonyl (C=O) groups is 3. The molecule has 1 aliphatic heterocycles. The molecule has 0 spiro atoms. The molecule has 0 aliphatic carbocycles. The summed E-state index contributed by atoms with van der Waals surface area (Å²) in [5.74, 6) is -0.551. The topological polar surface area (TPSA) is 66.5 Å². The van der Waals surface area contributed by atoms with E-state index >= 15 is 0 Å². The van der Waals surface area contributed by atoms with Crippen molar-refractivity contribution in [1.82, 2.24) is 10.2 Å². The zero-order chi connectivity index (χ0) is 18.4. The molecule has 1 N–H and O–H groups in total. The van der Waals surface area contributed by atoms with Gasteiger partial charge in [0.25, 0.3) is 5.91 Å². The molecule has 5 heteroatoms. The first-order chi connectivity index (χ1) is 11.6. The minimum atomic E-state index is -1.18. The van der Waals surface area contributed by atoms with Gasteiger partial charge in [0, 0.05) is 5.41 Å². The van der Waals surface area contributed by atoms with E-state index in [4.69, 9.17) is 0 Å². The number of benzene rings is 2. The fourth-order valence-electron chi connectivity index (χ4n) is 3.07. The molecule has 5 nitrogen and oxygen atoms in total. The van der Waals surface area contributed by atoms with Gasteiger partial charge in [0.15, 0.2) is 5.78 Å². The number of nitrogens with one attached hydrogen (secondary N) is 1. The van der Waals surface area contributed by atoms with Crippen molar-refractivity contribution in [2.75, 3.05) is 6.54 Å². The molecule has 2 aromatic carbocycles. The molecule has 130 valence electrons. The van der Waals surface area contributed by atoms with Crippen molar-refractivity contribution < 1.29 is 14.4 Å². The Bertz CT molecular complexity index is 877. The summed E-state index contributed by atoms with van der Waals surface area (Å²) < 4.78 is 0. The minimum absolute atomic E-state index is 0.154. The summed E-state index contributed by atoms with van der Waals surface area (Å²) in [6, 6.07) is 12.9. The van der Waals surface area contributed by atoms with Crippen LogP contribution < -0.4 is 5.32 Å². The van der Waals surface area contributed by atoms with E-state index < -0.39 is 22.9 Å². The van der Waals surface area contributed by atoms with Gasteiger partial charge in [0.2, 0.25) is 0 Å². The SMILES string of the molecule is CC(C)(C)C(=O)CN1C(=O)N[C@](C)(c2cccc3ccccc23)C1=O. The molecule has 1 heterocycles. The van der Waals surface area contributed by atoms with Gasteiger partial charge in [-0.2, -0.15) is 0 Å². The van der Waals surface area contributed by atoms with Crippen molar-refractivity contribution >= 4 is 28.5 Å². The zero-order valence-corrected chi connectivity index (χ0v) is 14.9. The van der Waals surface area contributed by atoms with E-state index in [9.17, 15) is 14.4 Å². The van der Waals surface area contributed by atoms with E-state index in [0.717, 1.165) is 21.2 Å². The second-order valence-electron chi connectivity index (χ2n) is 7.65. The highest BCUT2D eigenvalue weighted by molar-refractivity contribution is 6.11. The molecular formula is C20H22N2O3. The summed E-state index contributed by atoms with van der Waals surface area (Å²) in [6.45, 7) is 6.80. The van der Waals surface area contributed by atoms with E-state index in [1.165, 1.54) is 0 Å². The lowest BCUT2D eigenvalue weighted by molar-refractivity contribution is -0.136. The number of imide groups is 1. The third-order valence-corrected chi connectivity index (χ3v) is 4.74. The Hall–Kier alpha value is -2.69. The molecule has 0 aromatic heterocycles. The summed E-state index contributed by atoms with van der Waals surface area (Å²) in [7, 11) is 0. The molecule has 3 amide bonds. The number of nitrogens with zero attached hydrogens (tertiary/aromatic N) is 1. The standard InChI is InChI=1S/C20H22N2O3/c1-19(2,3)16(23)12-22-17(24)20(4,21-18(22)25)15-11-7-9-13-8-5-6-10-14(13)15/h5-11H,12H2,1-4H3,(H,21,25)/t20-/m1/s1. The van der Waals surface area contributed by atoms with Crippen LogP contribution in [0.25, 0.3) is 10.8 Å². The monoisotopic (exact) mass is 338 g/mol. The lowest BCUT2D eigenvalue weighted by Gasteiger charge is -2.24. The summed E-state index contributed by atoms with van der Waals surface area (Å²) in [5, 5.41) is 4.68. The zero-order valence-electron chi connectivity index (χ0n) is 14.9. The van der Waals surface area contributed by atoms with Crippen molar-refractivity contribution in [2.24, 2.45) is 5.41 Å². The first kappa shape index (κ1) is 17.1. The number of rotatable bonds is 3. The molecule has 1 atom stereocenters. The molecule has 0 saturated carbocycles. The van der Waals surface area contributed by atoms with Crippen LogP contribution in [0, 0.1) is 5.41 Å². The Balaban J connectivity index is 2.01. The Morgan fingerprint density at radius 2 is 1.72 bits per heavy atom. The lowest BCUT2D eigenvalue weighted by atomic mass is 9.87. The Morgan fingerprint density at radius 1 is 1.08 bits per heavy atom. The molecular weight excluding hydrogens is 316 g/mol. The Morgan fingerprint density at radius 3 is 2.40 bits per heavy atom. The van der Waals surface area contributed by atoms with Crippen LogP contribution in [0.5, 0.6) is 0 Å². The fourth-order valence-corrected chi connectivity index (χ4v) is 3.07. The molecule has 1 fully saturated rings. The second kappa shape index (κ2) is 5.69. The summed E-state index contributed by atoms with van der Waals surface area (Å²) in [5.41, 5.74) is -1.07. The molecule has 1 aliphatic rings. The van der Waals surface area contributed by atoms with Crippen LogP contribution in [-0.2, 0) is 15.1 Å². The third kappa shape index (κ3) is 2.80. The predicted molar refractivity (Wildman–Crippen MR) is 96.0 cm³/mol. The number of hydrogen-bond donors (Lipinski definition) is 1. The maximum Gasteiger partial charge on any atom is 0.325 e. The number of hydrogen-bond acceptors (Lipinski definition) is 3. The first-order valence-electron chi connectivity index (χ1n) is 8.30. The fraction of sp³-hybridized carbons (Fsp3) is 0.350. The third-order valence-electron chi connectivity index (χ3n) is 4.74. The average Bonchev–Trinajstić information content (AvgIpc) is 2.77. The maximum absolute atomic E-state index is 13.0. The van der Waals surface area contributed by atoms with Crippen LogP contribution in [0.3, 0.4) is 0 Å². The number of fused-ring (bicyclic) bond motifs is 1. The number of Topliss-reactive ketones (excluding diaryl/α,β-unsaturated/α-hetero) is 1. The summed E-state index contributed by atoms with van der Waals surface area (Å²) in [6.07, 6.45) is 0. The number of ketones is 1. The molecule has 0 bridgehead atoms. The van der Waals surface area contributed by atoms with Crippen LogP contribution in [0.15, 0.2) is 42.5 Å². The van der Waals surface area contributed by atoms with Gasteiger partial charge >= 0.3 is 6.03 Å². The number of amides is 3. The number of urea groups is 1. The smallest absolute Gasteiger partial charge is 0.319 e. The van der Waals surface area contributed by atoms with Gasteiger partial charge in [-0.1, -0.05) is 63.2 Å². The second-order valence-corrected chi connectivity index (χ2v) is 7.65. The Labute approximate surface area is 147 Å². The highest BCUT2D eigenvalue weighted by Gasteiger charge is 2.50.